The molecule has 0 saturated heterocycles. The van der Waals surface area contributed by atoms with Gasteiger partial charge in [-0.15, -0.1) is 0 Å². The Kier molecular flexibility index (Phi) is 7.62. The largest absolute Gasteiger partial charge is 0.457 e. The fourth-order valence-electron chi connectivity index (χ4n) is 7.99. The molecule has 0 saturated carbocycles. The van der Waals surface area contributed by atoms with E-state index in [9.17, 15) is 0 Å². The van der Waals surface area contributed by atoms with Crippen LogP contribution in [0.3, 0.4) is 0 Å². The van der Waals surface area contributed by atoms with Gasteiger partial charge in [0.2, 0.25) is 0 Å². The minimum absolute atomic E-state index is 0.532. The lowest BCUT2D eigenvalue weighted by atomic mass is 9.66. The maximum Gasteiger partial charge on any atom is 0.163 e. The highest BCUT2D eigenvalue weighted by Gasteiger charge is 2.51. The number of allylic oxidation sites excluding steroid dienone is 2. The molecule has 1 aliphatic carbocycles. The highest BCUT2D eigenvalue weighted by Crippen LogP contribution is 2.62. The molecule has 6 aromatic carbocycles. The first-order chi connectivity index (χ1) is 26.8. The van der Waals surface area contributed by atoms with Crippen LogP contribution >= 0.6 is 0 Å². The third-order valence-electron chi connectivity index (χ3n) is 10.4. The van der Waals surface area contributed by atoms with Crippen LogP contribution in [0.15, 0.2) is 183 Å². The second-order valence-electron chi connectivity index (χ2n) is 13.5. The Morgan fingerprint density at radius 3 is 1.76 bits per heavy atom. The van der Waals surface area contributed by atoms with Gasteiger partial charge in [0, 0.05) is 34.6 Å². The third-order valence-corrected chi connectivity index (χ3v) is 10.4. The number of benzene rings is 6. The average Bonchev–Trinajstić information content (AvgIpc) is 3.53. The molecule has 0 bridgehead atoms. The molecule has 0 amide bonds. The van der Waals surface area contributed by atoms with Crippen LogP contribution in [0.4, 0.5) is 0 Å². The molecule has 254 valence electrons. The van der Waals surface area contributed by atoms with Gasteiger partial charge < -0.3 is 4.74 Å². The van der Waals surface area contributed by atoms with Crippen LogP contribution in [0.25, 0.3) is 57.2 Å². The number of hydrogen-bond donors (Lipinski definition) is 0. The Morgan fingerprint density at radius 1 is 0.463 bits per heavy atom. The normalized spacial score (nSPS) is 13.3. The number of aromatic nitrogens is 4. The molecule has 0 fully saturated rings. The van der Waals surface area contributed by atoms with Crippen molar-refractivity contribution in [1.29, 1.82) is 0 Å². The van der Waals surface area contributed by atoms with Gasteiger partial charge in [-0.25, -0.2) is 15.0 Å². The molecule has 1 aliphatic heterocycles. The number of fused-ring (bicyclic) bond motifs is 9. The molecule has 10 rings (SSSR count). The second-order valence-corrected chi connectivity index (χ2v) is 13.5. The average molecular weight is 693 g/mol. The predicted molar refractivity (Wildman–Crippen MR) is 216 cm³/mol. The summed E-state index contributed by atoms with van der Waals surface area (Å²) in [5, 5.41) is 0. The molecule has 2 aromatic heterocycles. The molecule has 5 nitrogen and oxygen atoms in total. The van der Waals surface area contributed by atoms with Crippen molar-refractivity contribution in [1.82, 2.24) is 19.9 Å². The molecule has 2 aliphatic rings. The molecular formula is C49H32N4O. The predicted octanol–water partition coefficient (Wildman–Crippen LogP) is 11.5. The minimum atomic E-state index is -0.532. The number of pyridine rings is 1. The van der Waals surface area contributed by atoms with Gasteiger partial charge in [0.15, 0.2) is 11.6 Å². The van der Waals surface area contributed by atoms with Crippen LogP contribution < -0.4 is 4.74 Å². The zero-order valence-electron chi connectivity index (χ0n) is 29.2. The van der Waals surface area contributed by atoms with E-state index in [0.29, 0.717) is 11.6 Å². The molecule has 0 N–H and O–H groups in total. The standard InChI is InChI=1S/C49H32N4O/c1-2-14-36(15-3-1)47-51-32-52-48(53-47)37-23-21-35(22-24-37)38-25-27-44-46(30-38)54-45-29-33(11-4-5-12-34-13-10-28-50-31-34)20-26-43(45)49(44)41-18-8-6-16-39(41)40-17-7-9-19-42(40)49/h1-32H/b11-4+,12-5-. The summed E-state index contributed by atoms with van der Waals surface area (Å²) in [4.78, 5) is 17.9. The van der Waals surface area contributed by atoms with E-state index in [1.807, 2.05) is 54.7 Å². The number of hydrogen-bond acceptors (Lipinski definition) is 5. The quantitative estimate of drug-likeness (QED) is 0.162. The van der Waals surface area contributed by atoms with Gasteiger partial charge in [-0.2, -0.15) is 0 Å². The Balaban J connectivity index is 1.06. The van der Waals surface area contributed by atoms with Crippen molar-refractivity contribution in [3.05, 3.63) is 216 Å². The van der Waals surface area contributed by atoms with Crippen LogP contribution in [0.5, 0.6) is 11.5 Å². The first-order valence-corrected chi connectivity index (χ1v) is 18.0. The SMILES string of the molecule is C(=C/c1cccnc1)/C=C/c1ccc2c(c1)Oc1cc(-c3ccc(-c4ncnc(-c5ccccc5)n4)cc3)ccc1C21c2ccccc2-c2ccccc21. The first kappa shape index (κ1) is 31.5. The summed E-state index contributed by atoms with van der Waals surface area (Å²) in [6, 6.07) is 53.2. The summed E-state index contributed by atoms with van der Waals surface area (Å²) in [5.74, 6) is 2.99. The van der Waals surface area contributed by atoms with Crippen LogP contribution in [-0.4, -0.2) is 19.9 Å². The molecule has 54 heavy (non-hydrogen) atoms. The van der Waals surface area contributed by atoms with E-state index in [1.54, 1.807) is 12.5 Å². The van der Waals surface area contributed by atoms with Crippen LogP contribution in [-0.2, 0) is 5.41 Å². The molecule has 8 aromatic rings. The van der Waals surface area contributed by atoms with Gasteiger partial charge in [0.05, 0.1) is 5.41 Å². The Morgan fingerprint density at radius 2 is 1.06 bits per heavy atom. The Labute approximate surface area is 313 Å². The van der Waals surface area contributed by atoms with Gasteiger partial charge in [0.25, 0.3) is 0 Å². The topological polar surface area (TPSA) is 60.8 Å². The summed E-state index contributed by atoms with van der Waals surface area (Å²) in [6.45, 7) is 0. The van der Waals surface area contributed by atoms with Crippen molar-refractivity contribution in [2.75, 3.05) is 0 Å². The lowest BCUT2D eigenvalue weighted by Crippen LogP contribution is -2.32. The smallest absolute Gasteiger partial charge is 0.163 e. The van der Waals surface area contributed by atoms with Crippen LogP contribution in [0.1, 0.15) is 33.4 Å². The highest BCUT2D eigenvalue weighted by atomic mass is 16.5. The van der Waals surface area contributed by atoms with Gasteiger partial charge in [-0.3, -0.25) is 4.98 Å². The van der Waals surface area contributed by atoms with Crippen molar-refractivity contribution in [3.63, 3.8) is 0 Å². The number of rotatable bonds is 6. The second kappa shape index (κ2) is 13.1. The van der Waals surface area contributed by atoms with E-state index in [1.165, 1.54) is 22.3 Å². The summed E-state index contributed by atoms with van der Waals surface area (Å²) in [6.07, 6.45) is 13.5. The molecule has 3 heterocycles. The lowest BCUT2D eigenvalue weighted by molar-refractivity contribution is 0.436. The van der Waals surface area contributed by atoms with E-state index >= 15 is 0 Å². The van der Waals surface area contributed by atoms with Gasteiger partial charge in [-0.1, -0.05) is 158 Å². The van der Waals surface area contributed by atoms with E-state index in [4.69, 9.17) is 9.72 Å². The van der Waals surface area contributed by atoms with Crippen LogP contribution in [0, 0.1) is 0 Å². The lowest BCUT2D eigenvalue weighted by Gasteiger charge is -2.39. The Hall–Kier alpha value is -7.24. The third kappa shape index (κ3) is 5.25. The Bertz CT molecular complexity index is 2690. The van der Waals surface area contributed by atoms with Crippen molar-refractivity contribution < 1.29 is 4.74 Å². The fourth-order valence-corrected chi connectivity index (χ4v) is 7.99. The van der Waals surface area contributed by atoms with Crippen LogP contribution in [0.2, 0.25) is 0 Å². The molecule has 5 heteroatoms. The molecule has 0 radical (unpaired) electrons. The van der Waals surface area contributed by atoms with Crippen molar-refractivity contribution in [3.8, 4) is 56.5 Å². The van der Waals surface area contributed by atoms with Gasteiger partial charge >= 0.3 is 0 Å². The summed E-state index contributed by atoms with van der Waals surface area (Å²) in [5.41, 5.74) is 12.9. The number of ether oxygens (including phenoxy) is 1. The van der Waals surface area contributed by atoms with Gasteiger partial charge in [-0.05, 0) is 62.7 Å². The zero-order valence-corrected chi connectivity index (χ0v) is 29.2. The molecular weight excluding hydrogens is 661 g/mol. The van der Waals surface area contributed by atoms with Crippen molar-refractivity contribution in [2.45, 2.75) is 5.41 Å². The minimum Gasteiger partial charge on any atom is -0.457 e. The van der Waals surface area contributed by atoms with E-state index in [0.717, 1.165) is 56.0 Å². The summed E-state index contributed by atoms with van der Waals surface area (Å²) in [7, 11) is 0. The molecule has 0 unspecified atom stereocenters. The first-order valence-electron chi connectivity index (χ1n) is 18.0. The van der Waals surface area contributed by atoms with Gasteiger partial charge in [0.1, 0.15) is 17.8 Å². The number of nitrogens with zero attached hydrogens (tertiary/aromatic N) is 4. The van der Waals surface area contributed by atoms with E-state index in [-0.39, 0.29) is 0 Å². The maximum atomic E-state index is 6.93. The summed E-state index contributed by atoms with van der Waals surface area (Å²) >= 11 is 0. The van der Waals surface area contributed by atoms with Crippen molar-refractivity contribution >= 4 is 12.2 Å². The summed E-state index contributed by atoms with van der Waals surface area (Å²) < 4.78 is 6.93. The van der Waals surface area contributed by atoms with E-state index < -0.39 is 5.41 Å². The molecule has 0 atom stereocenters. The van der Waals surface area contributed by atoms with E-state index in [2.05, 4.69) is 142 Å². The highest BCUT2D eigenvalue weighted by molar-refractivity contribution is 5.89. The molecule has 1 spiro atoms. The fraction of sp³-hybridized carbons (Fsp3) is 0.0204. The monoisotopic (exact) mass is 692 g/mol. The van der Waals surface area contributed by atoms with Crippen molar-refractivity contribution in [2.24, 2.45) is 0 Å². The maximum absolute atomic E-state index is 6.93. The zero-order chi connectivity index (χ0) is 35.9.